The summed E-state index contributed by atoms with van der Waals surface area (Å²) in [5.74, 6) is 1.89. The van der Waals surface area contributed by atoms with Crippen molar-refractivity contribution in [3.8, 4) is 55.1 Å². The number of carbonyl (C=O) groups is 3. The normalized spacial score (nSPS) is 12.6. The molecule has 9 heterocycles. The molecule has 0 bridgehead atoms. The quantitative estimate of drug-likeness (QED) is 0.0756. The van der Waals surface area contributed by atoms with Crippen LogP contribution in [0.25, 0.3) is 99.0 Å². The van der Waals surface area contributed by atoms with Crippen LogP contribution in [0.15, 0.2) is 136 Å². The summed E-state index contributed by atoms with van der Waals surface area (Å²) in [6.07, 6.45) is 0. The van der Waals surface area contributed by atoms with Crippen LogP contribution in [0.5, 0.6) is 0 Å². The molecule has 1 aliphatic rings. The van der Waals surface area contributed by atoms with Crippen LogP contribution >= 0.6 is 89.6 Å². The number of esters is 2. The predicted molar refractivity (Wildman–Crippen MR) is 470 cm³/mol. The molecule has 0 radical (unpaired) electrons. The second-order valence-electron chi connectivity index (χ2n) is 28.8. The molecule has 22 nitrogen and oxygen atoms in total. The highest BCUT2D eigenvalue weighted by molar-refractivity contribution is 9.10. The molecule has 3 N–H and O–H groups in total. The van der Waals surface area contributed by atoms with Crippen LogP contribution < -0.4 is 11.1 Å². The second-order valence-corrected chi connectivity index (χ2v) is 33.8. The van der Waals surface area contributed by atoms with Gasteiger partial charge in [-0.05, 0) is 354 Å². The summed E-state index contributed by atoms with van der Waals surface area (Å²) < 4.78 is 64.2. The van der Waals surface area contributed by atoms with Crippen LogP contribution in [-0.4, -0.2) is 109 Å². The summed E-state index contributed by atoms with van der Waals surface area (Å²) in [5.41, 5.74) is 21.3. The van der Waals surface area contributed by atoms with Crippen molar-refractivity contribution in [3.63, 3.8) is 0 Å². The van der Waals surface area contributed by atoms with Gasteiger partial charge in [-0.2, -0.15) is 22.5 Å². The fourth-order valence-corrected chi connectivity index (χ4v) is 16.1. The molecule has 16 rings (SSSR count). The first-order valence-electron chi connectivity index (χ1n) is 36.8. The van der Waals surface area contributed by atoms with Crippen molar-refractivity contribution in [2.45, 2.75) is 150 Å². The molecule has 1 fully saturated rings. The Balaban J connectivity index is 0.000000142. The van der Waals surface area contributed by atoms with Crippen LogP contribution in [0.4, 0.5) is 0 Å². The lowest BCUT2D eigenvalue weighted by Gasteiger charge is -2.32. The van der Waals surface area contributed by atoms with E-state index in [1.165, 1.54) is 45.7 Å². The maximum absolute atomic E-state index is 12.1. The predicted octanol–water partition coefficient (Wildman–Crippen LogP) is 21.4. The molecule has 1 saturated heterocycles. The van der Waals surface area contributed by atoms with Gasteiger partial charge in [-0.1, -0.05) is 66.7 Å². The zero-order chi connectivity index (χ0) is 84.3. The summed E-state index contributed by atoms with van der Waals surface area (Å²) >= 11 is 16.7. The number of furan rings is 4. The number of fused-ring (bicyclic) bond motifs is 4. The van der Waals surface area contributed by atoms with E-state index in [1.54, 1.807) is 51.1 Å². The van der Waals surface area contributed by atoms with Gasteiger partial charge in [0.1, 0.15) is 28.0 Å². The Hall–Kier alpha value is -9.43. The molecule has 0 unspecified atom stereocenters. The van der Waals surface area contributed by atoms with E-state index in [4.69, 9.17) is 63.1 Å². The number of halogens is 3. The minimum Gasteiger partial charge on any atom is -0.478 e. The molecule has 600 valence electrons. The third-order valence-corrected chi connectivity index (χ3v) is 24.7. The van der Waals surface area contributed by atoms with Crippen molar-refractivity contribution in [2.75, 3.05) is 13.2 Å². The number of aromatic nitrogens is 8. The number of hydrogen-bond acceptors (Lipinski definition) is 25. The molecule has 1 aliphatic heterocycles. The van der Waals surface area contributed by atoms with Gasteiger partial charge in [0, 0.05) is 32.7 Å². The van der Waals surface area contributed by atoms with E-state index < -0.39 is 20.2 Å². The number of nitrogens with zero attached hydrogens (tertiary/aromatic N) is 8. The second kappa shape index (κ2) is 36.6. The summed E-state index contributed by atoms with van der Waals surface area (Å²) in [6.45, 7) is 40.2. The van der Waals surface area contributed by atoms with Gasteiger partial charge < -0.3 is 51.6 Å². The van der Waals surface area contributed by atoms with E-state index in [9.17, 15) is 19.5 Å². The Morgan fingerprint density at radius 1 is 0.440 bits per heavy atom. The molecule has 0 amide bonds. The first kappa shape index (κ1) is 87.4. The fraction of sp³-hybridized carbons (Fsp3) is 0.282. The molecular formula is C85H85B2Br2ClN8O14S4. The minimum atomic E-state index is -1.54. The minimum absolute atomic E-state index is 0.192. The molecule has 116 heavy (non-hydrogen) atoms. The maximum Gasteiger partial charge on any atom is 0.526 e. The highest BCUT2D eigenvalue weighted by Gasteiger charge is 2.52. The Kier molecular flexibility index (Phi) is 27.6. The van der Waals surface area contributed by atoms with Crippen molar-refractivity contribution in [3.05, 3.63) is 218 Å². The third-order valence-electron chi connectivity index (χ3n) is 20.5. The molecule has 0 aliphatic carbocycles. The van der Waals surface area contributed by atoms with Crippen LogP contribution in [0, 0.1) is 96.9 Å². The Labute approximate surface area is 710 Å². The van der Waals surface area contributed by atoms with Crippen molar-refractivity contribution in [1.82, 2.24) is 37.4 Å². The van der Waals surface area contributed by atoms with Gasteiger partial charge >= 0.3 is 32.1 Å². The van der Waals surface area contributed by atoms with Crippen LogP contribution in [0.3, 0.4) is 0 Å². The van der Waals surface area contributed by atoms with Crippen molar-refractivity contribution in [1.29, 1.82) is 0 Å². The first-order valence-corrected chi connectivity index (χ1v) is 41.9. The van der Waals surface area contributed by atoms with Gasteiger partial charge in [0.2, 0.25) is 13.9 Å². The Morgan fingerprint density at radius 3 is 1.13 bits per heavy atom. The number of ether oxygens (including phenoxy) is 2. The number of aromatic carboxylic acids is 1. The number of carboxylic acids is 1. The van der Waals surface area contributed by atoms with Crippen LogP contribution in [0.2, 0.25) is 4.47 Å². The lowest BCUT2D eigenvalue weighted by atomic mass is 9.74. The molecule has 31 heteroatoms. The topological polar surface area (TPSA) is 304 Å². The summed E-state index contributed by atoms with van der Waals surface area (Å²) in [4.78, 5) is 52.7. The van der Waals surface area contributed by atoms with Gasteiger partial charge in [-0.25, -0.2) is 29.3 Å². The molecule has 0 spiro atoms. The van der Waals surface area contributed by atoms with Crippen molar-refractivity contribution < 1.29 is 66.0 Å². The number of aryl methyl sites for hydroxylation is 8. The number of benzene rings is 7. The first-order chi connectivity index (χ1) is 54.9. The zero-order valence-corrected chi connectivity index (χ0v) is 74.8. The number of carbonyl (C=O) groups excluding carboxylic acids is 2. The van der Waals surface area contributed by atoms with E-state index in [0.29, 0.717) is 66.3 Å². The van der Waals surface area contributed by atoms with Crippen molar-refractivity contribution in [2.24, 2.45) is 0 Å². The largest absolute Gasteiger partial charge is 0.526 e. The van der Waals surface area contributed by atoms with E-state index in [0.717, 1.165) is 160 Å². The zero-order valence-electron chi connectivity index (χ0n) is 67.6. The van der Waals surface area contributed by atoms with E-state index in [2.05, 4.69) is 115 Å². The summed E-state index contributed by atoms with van der Waals surface area (Å²) in [6, 6.07) is 34.9. The average molecular weight is 1790 g/mol. The molecule has 0 atom stereocenters. The molecular weight excluding hydrogens is 1700 g/mol. The Morgan fingerprint density at radius 2 is 0.784 bits per heavy atom. The van der Waals surface area contributed by atoms with Crippen molar-refractivity contribution >= 4 is 177 Å². The van der Waals surface area contributed by atoms with Gasteiger partial charge in [-0.3, -0.25) is 0 Å². The third kappa shape index (κ3) is 19.1. The number of carboxylic acid groups (broad SMARTS) is 1. The molecule has 0 saturated carbocycles. The highest BCUT2D eigenvalue weighted by Crippen LogP contribution is 2.41. The Bertz CT molecular complexity index is 6010. The standard InChI is InChI=1S/C23H22N2O3S.C21H18N2O3S.C17H25BO4.C12H9BrN2OS.C10H11BO3.C2BrClN2S/c1-6-27-23(26)17-10-9-16(14(4)15(17)5)21-24-22(29-25-21)19-11-18-12(2)7-8-13(3)20(18)28-19;1-10-5-6-11(2)18-16(10)9-17(26-18)20-22-19(23-27-20)14-7-8-15(21(24)25)13(4)12(14)3;1-8-20-15(19)13-9-10-14(12(3)11(13)2)18-21-16(4,5)17(6,7)22-18;1-6-3-4-7(2)10-8(6)5-9(16-10)11-14-12(13)15-17-11;1-6-3-4-7(2)10-8(6)5-9(14-10)11(12)13;3-1-5-2(4)7-6-1/h7-11H,6H2,1-5H3;5-9H,1-4H3,(H,24,25);9-10H,8H2,1-7H3;3-5H,1-2H3;3-5,12-13H,1-2H3;. The van der Waals surface area contributed by atoms with E-state index in [1.807, 2.05) is 145 Å². The number of rotatable bonds is 12. The van der Waals surface area contributed by atoms with Gasteiger partial charge in [-0.15, -0.1) is 0 Å². The van der Waals surface area contributed by atoms with Crippen LogP contribution in [-0.2, 0) is 18.8 Å². The van der Waals surface area contributed by atoms with Crippen LogP contribution in [0.1, 0.15) is 151 Å². The van der Waals surface area contributed by atoms with Gasteiger partial charge in [0.05, 0.1) is 41.1 Å². The summed E-state index contributed by atoms with van der Waals surface area (Å²) in [7, 11) is -1.96. The highest BCUT2D eigenvalue weighted by atomic mass is 79.9. The molecule has 7 aromatic carbocycles. The smallest absolute Gasteiger partial charge is 0.478 e. The lowest BCUT2D eigenvalue weighted by Crippen LogP contribution is -2.41. The van der Waals surface area contributed by atoms with E-state index in [-0.39, 0.29) is 28.8 Å². The molecule has 8 aromatic heterocycles. The maximum atomic E-state index is 12.1. The molecule has 15 aromatic rings. The lowest BCUT2D eigenvalue weighted by molar-refractivity contribution is 0.00578. The summed E-state index contributed by atoms with van der Waals surface area (Å²) in [5, 5.41) is 33.7. The van der Waals surface area contributed by atoms with E-state index >= 15 is 0 Å². The number of hydrogen-bond donors (Lipinski definition) is 3. The van der Waals surface area contributed by atoms with Gasteiger partial charge in [0.25, 0.3) is 0 Å². The SMILES string of the molecule is CCOC(=O)c1ccc(-c2nsc(-c3cc4c(C)ccc(C)c4o3)n2)c(C)c1C.CCOC(=O)c1ccc(B2OC(C)(C)C(C)(C)O2)c(C)c1C.Cc1c(C(=O)O)ccc(-c2nsc(-c3cc4c(C)ccc(C)c4o3)n2)c1C.Cc1ccc(C)c2oc(-c3nc(Br)ns3)cc12.Cc1ccc(C)c2oc(B(O)O)cc12.Clc1nc(Br)ns1. The fourth-order valence-electron chi connectivity index (χ4n) is 12.7. The monoisotopic (exact) mass is 1780 g/mol. The van der Waals surface area contributed by atoms with Gasteiger partial charge in [0.15, 0.2) is 44.0 Å². The average Bonchev–Trinajstić information content (AvgIpc) is 1.61.